The lowest BCUT2D eigenvalue weighted by molar-refractivity contribution is 0.0514. The van der Waals surface area contributed by atoms with Gasteiger partial charge in [0.1, 0.15) is 0 Å². The summed E-state index contributed by atoms with van der Waals surface area (Å²) in [6.45, 7) is 5.64. The number of carbonyl (C=O) groups is 1. The summed E-state index contributed by atoms with van der Waals surface area (Å²) in [6, 6.07) is 5.24. The van der Waals surface area contributed by atoms with Crippen molar-refractivity contribution in [2.24, 2.45) is 0 Å². The van der Waals surface area contributed by atoms with Crippen LogP contribution in [0.4, 0.5) is 11.4 Å². The quantitative estimate of drug-likeness (QED) is 0.653. The van der Waals surface area contributed by atoms with Crippen LogP contribution in [0.5, 0.6) is 0 Å². The molecule has 0 saturated carbocycles. The Morgan fingerprint density at radius 2 is 2.35 bits per heavy atom. The lowest BCUT2D eigenvalue weighted by Gasteiger charge is -2.35. The van der Waals surface area contributed by atoms with Crippen molar-refractivity contribution in [2.45, 2.75) is 32.2 Å². The highest BCUT2D eigenvalue weighted by molar-refractivity contribution is 5.96. The van der Waals surface area contributed by atoms with Crippen molar-refractivity contribution in [3.63, 3.8) is 0 Å². The first kappa shape index (κ1) is 14.7. The molecule has 0 radical (unpaired) electrons. The average Bonchev–Trinajstić information content (AvgIpc) is 2.41. The largest absolute Gasteiger partial charge is 0.462 e. The van der Waals surface area contributed by atoms with Crippen LogP contribution in [-0.4, -0.2) is 31.3 Å². The Morgan fingerprint density at radius 3 is 3.00 bits per heavy atom. The molecule has 1 unspecified atom stereocenters. The standard InChI is InChI=1S/C15H22N2O3/c1-3-20-14(18)12-9-11(16)5-6-13(12)17-15(2)7-4-8-19-10-15/h5-6,9,17H,3-4,7-8,10,16H2,1-2H3. The smallest absolute Gasteiger partial charge is 0.340 e. The fraction of sp³-hybridized carbons (Fsp3) is 0.533. The molecule has 0 amide bonds. The molecule has 3 N–H and O–H groups in total. The molecule has 110 valence electrons. The SMILES string of the molecule is CCOC(=O)c1cc(N)ccc1NC1(C)CCCOC1. The van der Waals surface area contributed by atoms with Gasteiger partial charge in [-0.05, 0) is 44.9 Å². The van der Waals surface area contributed by atoms with Crippen LogP contribution in [0.25, 0.3) is 0 Å². The molecule has 1 aromatic carbocycles. The van der Waals surface area contributed by atoms with E-state index in [1.165, 1.54) is 0 Å². The van der Waals surface area contributed by atoms with Crippen molar-refractivity contribution >= 4 is 17.3 Å². The van der Waals surface area contributed by atoms with Crippen LogP contribution in [0.1, 0.15) is 37.0 Å². The van der Waals surface area contributed by atoms with Gasteiger partial charge >= 0.3 is 5.97 Å². The van der Waals surface area contributed by atoms with Crippen LogP contribution in [0, 0.1) is 0 Å². The first-order valence-electron chi connectivity index (χ1n) is 6.97. The van der Waals surface area contributed by atoms with E-state index in [2.05, 4.69) is 12.2 Å². The van der Waals surface area contributed by atoms with Crippen molar-refractivity contribution in [1.82, 2.24) is 0 Å². The Hall–Kier alpha value is -1.75. The van der Waals surface area contributed by atoms with Gasteiger partial charge in [0.15, 0.2) is 0 Å². The molecule has 1 heterocycles. The summed E-state index contributed by atoms with van der Waals surface area (Å²) in [5.41, 5.74) is 7.35. The number of anilines is 2. The Morgan fingerprint density at radius 1 is 1.55 bits per heavy atom. The van der Waals surface area contributed by atoms with E-state index in [0.29, 0.717) is 24.5 Å². The highest BCUT2D eigenvalue weighted by Crippen LogP contribution is 2.28. The summed E-state index contributed by atoms with van der Waals surface area (Å²) in [6.07, 6.45) is 2.01. The number of carbonyl (C=O) groups excluding carboxylic acids is 1. The second-order valence-corrected chi connectivity index (χ2v) is 5.37. The molecule has 5 nitrogen and oxygen atoms in total. The van der Waals surface area contributed by atoms with E-state index in [1.807, 2.05) is 6.07 Å². The maximum atomic E-state index is 12.0. The molecule has 0 bridgehead atoms. The van der Waals surface area contributed by atoms with Gasteiger partial charge in [-0.3, -0.25) is 0 Å². The van der Waals surface area contributed by atoms with E-state index >= 15 is 0 Å². The first-order chi connectivity index (χ1) is 9.54. The van der Waals surface area contributed by atoms with Gasteiger partial charge < -0.3 is 20.5 Å². The molecule has 1 saturated heterocycles. The number of benzene rings is 1. The topological polar surface area (TPSA) is 73.6 Å². The van der Waals surface area contributed by atoms with Gasteiger partial charge in [-0.1, -0.05) is 0 Å². The minimum atomic E-state index is -0.359. The van der Waals surface area contributed by atoms with Crippen molar-refractivity contribution in [1.29, 1.82) is 0 Å². The van der Waals surface area contributed by atoms with E-state index in [-0.39, 0.29) is 11.5 Å². The van der Waals surface area contributed by atoms with Gasteiger partial charge in [-0.15, -0.1) is 0 Å². The summed E-state index contributed by atoms with van der Waals surface area (Å²) in [5.74, 6) is -0.359. The van der Waals surface area contributed by atoms with Crippen LogP contribution >= 0.6 is 0 Å². The summed E-state index contributed by atoms with van der Waals surface area (Å²) < 4.78 is 10.6. The lowest BCUT2D eigenvalue weighted by atomic mass is 9.94. The number of ether oxygens (including phenoxy) is 2. The zero-order chi connectivity index (χ0) is 14.6. The predicted molar refractivity (Wildman–Crippen MR) is 78.9 cm³/mol. The minimum absolute atomic E-state index is 0.171. The molecular weight excluding hydrogens is 256 g/mol. The molecule has 1 atom stereocenters. The number of rotatable bonds is 4. The van der Waals surface area contributed by atoms with Gasteiger partial charge in [0.05, 0.1) is 24.3 Å². The second-order valence-electron chi connectivity index (χ2n) is 5.37. The van der Waals surface area contributed by atoms with Crippen LogP contribution < -0.4 is 11.1 Å². The number of esters is 1. The second kappa shape index (κ2) is 6.13. The minimum Gasteiger partial charge on any atom is -0.462 e. The number of nitrogens with one attached hydrogen (secondary N) is 1. The van der Waals surface area contributed by atoms with Gasteiger partial charge in [-0.25, -0.2) is 4.79 Å². The van der Waals surface area contributed by atoms with Gasteiger partial charge in [0.25, 0.3) is 0 Å². The fourth-order valence-electron chi connectivity index (χ4n) is 2.41. The van der Waals surface area contributed by atoms with E-state index < -0.39 is 0 Å². The molecule has 1 fully saturated rings. The van der Waals surface area contributed by atoms with Crippen molar-refractivity contribution in [3.8, 4) is 0 Å². The number of hydrogen-bond donors (Lipinski definition) is 2. The summed E-state index contributed by atoms with van der Waals surface area (Å²) in [4.78, 5) is 12.0. The fourth-order valence-corrected chi connectivity index (χ4v) is 2.41. The molecule has 2 rings (SSSR count). The van der Waals surface area contributed by atoms with Crippen LogP contribution in [0.3, 0.4) is 0 Å². The Bertz CT molecular complexity index is 482. The lowest BCUT2D eigenvalue weighted by Crippen LogP contribution is -2.43. The van der Waals surface area contributed by atoms with E-state index in [4.69, 9.17) is 15.2 Å². The van der Waals surface area contributed by atoms with Crippen molar-refractivity contribution in [2.75, 3.05) is 30.9 Å². The van der Waals surface area contributed by atoms with Crippen LogP contribution in [0.2, 0.25) is 0 Å². The molecule has 1 aliphatic heterocycles. The zero-order valence-corrected chi connectivity index (χ0v) is 12.1. The maximum Gasteiger partial charge on any atom is 0.340 e. The molecule has 1 aromatic rings. The molecule has 5 heteroatoms. The third-order valence-corrected chi connectivity index (χ3v) is 3.41. The zero-order valence-electron chi connectivity index (χ0n) is 12.1. The summed E-state index contributed by atoms with van der Waals surface area (Å²) in [5, 5.41) is 3.41. The predicted octanol–water partition coefficient (Wildman–Crippen LogP) is 2.43. The Balaban J connectivity index is 2.24. The first-order valence-corrected chi connectivity index (χ1v) is 6.97. The number of hydrogen-bond acceptors (Lipinski definition) is 5. The average molecular weight is 278 g/mol. The van der Waals surface area contributed by atoms with Crippen molar-refractivity contribution in [3.05, 3.63) is 23.8 Å². The van der Waals surface area contributed by atoms with E-state index in [9.17, 15) is 4.79 Å². The molecule has 0 aromatic heterocycles. The van der Waals surface area contributed by atoms with Crippen LogP contribution in [-0.2, 0) is 9.47 Å². The van der Waals surface area contributed by atoms with Gasteiger partial charge in [0.2, 0.25) is 0 Å². The molecule has 1 aliphatic rings. The van der Waals surface area contributed by atoms with E-state index in [1.54, 1.807) is 19.1 Å². The third-order valence-electron chi connectivity index (χ3n) is 3.41. The van der Waals surface area contributed by atoms with Gasteiger partial charge in [0, 0.05) is 18.0 Å². The van der Waals surface area contributed by atoms with Gasteiger partial charge in [-0.2, -0.15) is 0 Å². The Labute approximate surface area is 119 Å². The van der Waals surface area contributed by atoms with Crippen molar-refractivity contribution < 1.29 is 14.3 Å². The number of nitrogen functional groups attached to an aromatic ring is 1. The molecule has 20 heavy (non-hydrogen) atoms. The monoisotopic (exact) mass is 278 g/mol. The summed E-state index contributed by atoms with van der Waals surface area (Å²) in [7, 11) is 0. The summed E-state index contributed by atoms with van der Waals surface area (Å²) >= 11 is 0. The Kier molecular flexibility index (Phi) is 4.49. The normalized spacial score (nSPS) is 22.3. The molecular formula is C15H22N2O3. The number of nitrogens with two attached hydrogens (primary N) is 1. The molecule has 0 aliphatic carbocycles. The maximum absolute atomic E-state index is 12.0. The highest BCUT2D eigenvalue weighted by Gasteiger charge is 2.29. The van der Waals surface area contributed by atoms with E-state index in [0.717, 1.165) is 25.1 Å². The van der Waals surface area contributed by atoms with Crippen LogP contribution in [0.15, 0.2) is 18.2 Å². The molecule has 0 spiro atoms. The highest BCUT2D eigenvalue weighted by atomic mass is 16.5. The third kappa shape index (κ3) is 3.42.